The molecule has 0 radical (unpaired) electrons. The van der Waals surface area contributed by atoms with E-state index in [9.17, 15) is 9.18 Å². The Kier molecular flexibility index (Phi) is 3.13. The second kappa shape index (κ2) is 4.73. The fraction of sp³-hybridized carbons (Fsp3) is 0.182. The van der Waals surface area contributed by atoms with Gasteiger partial charge >= 0.3 is 0 Å². The molecule has 2 aromatic heterocycles. The maximum absolute atomic E-state index is 12.9. The van der Waals surface area contributed by atoms with E-state index in [0.717, 1.165) is 24.2 Å². The highest BCUT2D eigenvalue weighted by Gasteiger charge is 2.10. The van der Waals surface area contributed by atoms with Crippen LogP contribution < -0.4 is 5.32 Å². The van der Waals surface area contributed by atoms with Crippen LogP contribution in [0.4, 0.5) is 10.2 Å². The Bertz CT molecular complexity index is 538. The number of carbonyl (C=O) groups is 1. The molecule has 0 fully saturated rings. The molecule has 1 amide bonds. The predicted octanol–water partition coefficient (Wildman–Crippen LogP) is 1.76. The molecular formula is C11H11FN4O. The molecule has 2 rings (SSSR count). The quantitative estimate of drug-likeness (QED) is 0.850. The van der Waals surface area contributed by atoms with Gasteiger partial charge in [0.15, 0.2) is 0 Å². The van der Waals surface area contributed by atoms with Crippen LogP contribution in [-0.4, -0.2) is 21.1 Å². The van der Waals surface area contributed by atoms with Crippen LogP contribution >= 0.6 is 0 Å². The normalized spacial score (nSPS) is 10.2. The highest BCUT2D eigenvalue weighted by atomic mass is 19.1. The van der Waals surface area contributed by atoms with Gasteiger partial charge < -0.3 is 5.32 Å². The summed E-state index contributed by atoms with van der Waals surface area (Å²) in [6.07, 6.45) is 4.73. The number of rotatable bonds is 3. The molecule has 0 aliphatic rings. The fourth-order valence-corrected chi connectivity index (χ4v) is 1.41. The monoisotopic (exact) mass is 234 g/mol. The van der Waals surface area contributed by atoms with Gasteiger partial charge in [0.25, 0.3) is 5.91 Å². The summed E-state index contributed by atoms with van der Waals surface area (Å²) in [5.74, 6) is -0.435. The van der Waals surface area contributed by atoms with Gasteiger partial charge in [-0.1, -0.05) is 6.92 Å². The maximum Gasteiger partial charge on any atom is 0.258 e. The van der Waals surface area contributed by atoms with Crippen LogP contribution in [0.25, 0.3) is 0 Å². The third-order valence-corrected chi connectivity index (χ3v) is 2.30. The minimum absolute atomic E-state index is 0.168. The Labute approximate surface area is 97.1 Å². The lowest BCUT2D eigenvalue weighted by Crippen LogP contribution is -2.13. The number of aromatic amines is 1. The molecule has 88 valence electrons. The SMILES string of the molecule is CCc1cn[nH]c1NC(=O)c1cncc(F)c1. The van der Waals surface area contributed by atoms with Crippen molar-refractivity contribution in [3.8, 4) is 0 Å². The lowest BCUT2D eigenvalue weighted by atomic mass is 10.2. The number of anilines is 1. The zero-order chi connectivity index (χ0) is 12.3. The number of pyridine rings is 1. The number of nitrogens with one attached hydrogen (secondary N) is 2. The van der Waals surface area contributed by atoms with Gasteiger partial charge in [0.1, 0.15) is 11.6 Å². The Balaban J connectivity index is 2.17. The van der Waals surface area contributed by atoms with E-state index in [4.69, 9.17) is 0 Å². The molecule has 0 aromatic carbocycles. The third kappa shape index (κ3) is 2.47. The molecular weight excluding hydrogens is 223 g/mol. The number of hydrogen-bond acceptors (Lipinski definition) is 3. The van der Waals surface area contributed by atoms with E-state index in [1.54, 1.807) is 6.20 Å². The van der Waals surface area contributed by atoms with Crippen molar-refractivity contribution in [3.63, 3.8) is 0 Å². The summed E-state index contributed by atoms with van der Waals surface area (Å²) in [7, 11) is 0. The van der Waals surface area contributed by atoms with Gasteiger partial charge in [-0.25, -0.2) is 4.39 Å². The predicted molar refractivity (Wildman–Crippen MR) is 60.1 cm³/mol. The van der Waals surface area contributed by atoms with Crippen molar-refractivity contribution in [2.45, 2.75) is 13.3 Å². The highest BCUT2D eigenvalue weighted by molar-refractivity contribution is 6.03. The smallest absolute Gasteiger partial charge is 0.258 e. The van der Waals surface area contributed by atoms with E-state index in [-0.39, 0.29) is 5.56 Å². The molecule has 2 aromatic rings. The van der Waals surface area contributed by atoms with Crippen molar-refractivity contribution in [2.24, 2.45) is 0 Å². The molecule has 2 heterocycles. The summed E-state index contributed by atoms with van der Waals surface area (Å²) < 4.78 is 12.9. The molecule has 0 aliphatic carbocycles. The largest absolute Gasteiger partial charge is 0.307 e. The van der Waals surface area contributed by atoms with Crippen LogP contribution in [0.1, 0.15) is 22.8 Å². The molecule has 0 saturated carbocycles. The van der Waals surface area contributed by atoms with Crippen molar-refractivity contribution in [1.82, 2.24) is 15.2 Å². The number of aryl methyl sites for hydroxylation is 1. The van der Waals surface area contributed by atoms with Crippen molar-refractivity contribution >= 4 is 11.7 Å². The molecule has 0 aliphatic heterocycles. The third-order valence-electron chi connectivity index (χ3n) is 2.30. The molecule has 0 bridgehead atoms. The number of halogens is 1. The van der Waals surface area contributed by atoms with Gasteiger partial charge in [-0.2, -0.15) is 5.10 Å². The van der Waals surface area contributed by atoms with Crippen LogP contribution in [-0.2, 0) is 6.42 Å². The number of carbonyl (C=O) groups excluding carboxylic acids is 1. The first kappa shape index (κ1) is 11.3. The number of amides is 1. The fourth-order valence-electron chi connectivity index (χ4n) is 1.41. The Morgan fingerprint density at radius 2 is 2.29 bits per heavy atom. The van der Waals surface area contributed by atoms with Crippen molar-refractivity contribution in [2.75, 3.05) is 5.32 Å². The summed E-state index contributed by atoms with van der Waals surface area (Å²) in [6, 6.07) is 1.13. The van der Waals surface area contributed by atoms with Crippen LogP contribution in [0.3, 0.4) is 0 Å². The number of aromatic nitrogens is 3. The summed E-state index contributed by atoms with van der Waals surface area (Å²) >= 11 is 0. The van der Waals surface area contributed by atoms with E-state index >= 15 is 0 Å². The second-order valence-corrected chi connectivity index (χ2v) is 3.47. The van der Waals surface area contributed by atoms with E-state index in [1.807, 2.05) is 6.92 Å². The Hall–Kier alpha value is -2.24. The summed E-state index contributed by atoms with van der Waals surface area (Å²) in [5.41, 5.74) is 1.06. The topological polar surface area (TPSA) is 70.7 Å². The van der Waals surface area contributed by atoms with Crippen LogP contribution in [0.2, 0.25) is 0 Å². The minimum Gasteiger partial charge on any atom is -0.307 e. The first-order valence-electron chi connectivity index (χ1n) is 5.15. The molecule has 0 spiro atoms. The average molecular weight is 234 g/mol. The number of hydrogen-bond donors (Lipinski definition) is 2. The lowest BCUT2D eigenvalue weighted by molar-refractivity contribution is 0.102. The first-order valence-corrected chi connectivity index (χ1v) is 5.15. The summed E-state index contributed by atoms with van der Waals surface area (Å²) in [4.78, 5) is 15.4. The lowest BCUT2D eigenvalue weighted by Gasteiger charge is -2.04. The summed E-state index contributed by atoms with van der Waals surface area (Å²) in [5, 5.41) is 9.12. The van der Waals surface area contributed by atoms with Crippen LogP contribution in [0.5, 0.6) is 0 Å². The number of H-pyrrole nitrogens is 1. The number of nitrogens with zero attached hydrogens (tertiary/aromatic N) is 2. The van der Waals surface area contributed by atoms with Crippen LogP contribution in [0.15, 0.2) is 24.7 Å². The highest BCUT2D eigenvalue weighted by Crippen LogP contribution is 2.12. The Morgan fingerprint density at radius 3 is 3.00 bits per heavy atom. The first-order chi connectivity index (χ1) is 8.20. The van der Waals surface area contributed by atoms with Gasteiger partial charge in [-0.15, -0.1) is 0 Å². The van der Waals surface area contributed by atoms with Gasteiger partial charge in [0.05, 0.1) is 18.0 Å². The average Bonchev–Trinajstić information content (AvgIpc) is 2.76. The van der Waals surface area contributed by atoms with Crippen molar-refractivity contribution in [3.05, 3.63) is 41.6 Å². The van der Waals surface area contributed by atoms with Gasteiger partial charge in [0, 0.05) is 11.8 Å². The zero-order valence-electron chi connectivity index (χ0n) is 9.20. The molecule has 17 heavy (non-hydrogen) atoms. The van der Waals surface area contributed by atoms with Gasteiger partial charge in [-0.3, -0.25) is 14.9 Å². The van der Waals surface area contributed by atoms with Gasteiger partial charge in [-0.05, 0) is 12.5 Å². The Morgan fingerprint density at radius 1 is 1.47 bits per heavy atom. The molecule has 0 unspecified atom stereocenters. The zero-order valence-corrected chi connectivity index (χ0v) is 9.20. The van der Waals surface area contributed by atoms with Crippen molar-refractivity contribution in [1.29, 1.82) is 0 Å². The molecule has 6 heteroatoms. The standard InChI is InChI=1S/C11H11FN4O/c1-2-7-5-14-16-10(7)15-11(17)8-3-9(12)6-13-4-8/h3-6H,2H2,1H3,(H2,14,15,16,17). The molecule has 2 N–H and O–H groups in total. The van der Waals surface area contributed by atoms with E-state index in [2.05, 4.69) is 20.5 Å². The van der Waals surface area contributed by atoms with E-state index in [0.29, 0.717) is 5.82 Å². The van der Waals surface area contributed by atoms with Gasteiger partial charge in [0.2, 0.25) is 0 Å². The molecule has 0 saturated heterocycles. The summed E-state index contributed by atoms with van der Waals surface area (Å²) in [6.45, 7) is 1.95. The van der Waals surface area contributed by atoms with Crippen molar-refractivity contribution < 1.29 is 9.18 Å². The molecule has 0 atom stereocenters. The van der Waals surface area contributed by atoms with E-state index < -0.39 is 11.7 Å². The maximum atomic E-state index is 12.9. The van der Waals surface area contributed by atoms with Crippen LogP contribution in [0, 0.1) is 5.82 Å². The minimum atomic E-state index is -0.544. The second-order valence-electron chi connectivity index (χ2n) is 3.47. The molecule has 5 nitrogen and oxygen atoms in total. The van der Waals surface area contributed by atoms with E-state index in [1.165, 1.54) is 6.20 Å².